The van der Waals surface area contributed by atoms with E-state index in [1.165, 1.54) is 5.39 Å². The molecule has 0 unspecified atom stereocenters. The van der Waals surface area contributed by atoms with E-state index in [0.717, 1.165) is 56.5 Å². The van der Waals surface area contributed by atoms with Crippen molar-refractivity contribution in [2.24, 2.45) is 0 Å². The molecule has 0 spiro atoms. The van der Waals surface area contributed by atoms with E-state index >= 15 is 0 Å². The van der Waals surface area contributed by atoms with Gasteiger partial charge in [-0.05, 0) is 72.4 Å². The number of ether oxygens (including phenoxy) is 2. The molecule has 4 N–H and O–H groups in total. The van der Waals surface area contributed by atoms with Gasteiger partial charge in [0.2, 0.25) is 5.91 Å². The third kappa shape index (κ3) is 7.81. The monoisotopic (exact) mass is 629 g/mol. The van der Waals surface area contributed by atoms with Crippen molar-refractivity contribution in [1.29, 1.82) is 0 Å². The summed E-state index contributed by atoms with van der Waals surface area (Å²) in [6.45, 7) is 2.67. The summed E-state index contributed by atoms with van der Waals surface area (Å²) in [5.41, 5.74) is 5.68. The minimum atomic E-state index is -0.449. The topological polar surface area (TPSA) is 121 Å². The average Bonchev–Trinajstić information content (AvgIpc) is 3.71. The number of H-pyrrole nitrogens is 2. The Hall–Kier alpha value is -5.57. The second-order valence-electron chi connectivity index (χ2n) is 11.7. The summed E-state index contributed by atoms with van der Waals surface area (Å²) in [6.07, 6.45) is 3.68. The van der Waals surface area contributed by atoms with Crippen LogP contribution in [0.3, 0.4) is 0 Å². The summed E-state index contributed by atoms with van der Waals surface area (Å²) in [5.74, 6) is 1.33. The largest absolute Gasteiger partial charge is 0.497 e. The minimum Gasteiger partial charge on any atom is -0.497 e. The summed E-state index contributed by atoms with van der Waals surface area (Å²) in [7, 11) is 1.64. The Balaban J connectivity index is 1.12. The van der Waals surface area contributed by atoms with Gasteiger partial charge in [-0.3, -0.25) is 4.79 Å². The summed E-state index contributed by atoms with van der Waals surface area (Å²) in [4.78, 5) is 37.3. The lowest BCUT2D eigenvalue weighted by Crippen LogP contribution is -2.31. The summed E-state index contributed by atoms with van der Waals surface area (Å²) in [6, 6.07) is 29.6. The normalized spacial score (nSPS) is 11.8. The summed E-state index contributed by atoms with van der Waals surface area (Å²) in [5, 5.41) is 9.34. The number of imidazole rings is 1. The third-order valence-corrected chi connectivity index (χ3v) is 8.39. The lowest BCUT2D eigenvalue weighted by molar-refractivity contribution is -0.121. The van der Waals surface area contributed by atoms with Crippen molar-refractivity contribution >= 4 is 33.7 Å². The molecule has 0 bridgehead atoms. The number of unbranched alkanes of at least 4 members (excludes halogenated alkanes) is 1. The first-order valence-electron chi connectivity index (χ1n) is 15.9. The molecule has 4 aromatic carbocycles. The second kappa shape index (κ2) is 14.7. The molecule has 0 aliphatic rings. The lowest BCUT2D eigenvalue weighted by Gasteiger charge is -2.17. The molecular weight excluding hydrogens is 590 g/mol. The molecule has 0 saturated carbocycles. The van der Waals surface area contributed by atoms with Crippen molar-refractivity contribution in [3.63, 3.8) is 0 Å². The Bertz CT molecular complexity index is 1980. The maximum Gasteiger partial charge on any atom is 0.407 e. The van der Waals surface area contributed by atoms with E-state index in [2.05, 4.69) is 50.9 Å². The van der Waals surface area contributed by atoms with E-state index in [1.54, 1.807) is 7.11 Å². The highest BCUT2D eigenvalue weighted by Crippen LogP contribution is 2.28. The Morgan fingerprint density at radius 3 is 2.53 bits per heavy atom. The minimum absolute atomic E-state index is 0.104. The van der Waals surface area contributed by atoms with Crippen LogP contribution < -0.4 is 15.4 Å². The summed E-state index contributed by atoms with van der Waals surface area (Å²) >= 11 is 0. The first-order valence-corrected chi connectivity index (χ1v) is 15.9. The average molecular weight is 630 g/mol. The fourth-order valence-electron chi connectivity index (χ4n) is 5.85. The molecule has 9 heteroatoms. The molecule has 2 amide bonds. The number of methoxy groups -OCH3 is 1. The molecule has 240 valence electrons. The van der Waals surface area contributed by atoms with Gasteiger partial charge in [0.05, 0.1) is 31.5 Å². The maximum absolute atomic E-state index is 13.6. The van der Waals surface area contributed by atoms with Crippen LogP contribution in [0.4, 0.5) is 4.79 Å². The number of hydrogen-bond donors (Lipinski definition) is 4. The molecule has 9 nitrogen and oxygen atoms in total. The van der Waals surface area contributed by atoms with E-state index in [9.17, 15) is 9.59 Å². The van der Waals surface area contributed by atoms with Gasteiger partial charge in [-0.1, -0.05) is 66.7 Å². The first kappa shape index (κ1) is 31.4. The van der Waals surface area contributed by atoms with Crippen molar-refractivity contribution in [3.05, 3.63) is 120 Å². The molecule has 0 fully saturated rings. The predicted molar refractivity (Wildman–Crippen MR) is 184 cm³/mol. The molecule has 0 aliphatic heterocycles. The van der Waals surface area contributed by atoms with Gasteiger partial charge in [-0.15, -0.1) is 0 Å². The lowest BCUT2D eigenvalue weighted by atomic mass is 10.0. The molecule has 0 aliphatic carbocycles. The van der Waals surface area contributed by atoms with Gasteiger partial charge >= 0.3 is 6.09 Å². The van der Waals surface area contributed by atoms with Crippen molar-refractivity contribution in [2.75, 3.05) is 13.7 Å². The maximum atomic E-state index is 13.6. The van der Waals surface area contributed by atoms with Crippen LogP contribution in [0, 0.1) is 6.92 Å². The molecule has 0 saturated heterocycles. The number of aryl methyl sites for hydroxylation is 1. The highest BCUT2D eigenvalue weighted by Gasteiger charge is 2.21. The number of nitrogens with one attached hydrogen (secondary N) is 4. The van der Waals surface area contributed by atoms with Gasteiger partial charge in [0.1, 0.15) is 18.2 Å². The fourth-order valence-corrected chi connectivity index (χ4v) is 5.85. The number of rotatable bonds is 13. The van der Waals surface area contributed by atoms with Crippen LogP contribution in [0.15, 0.2) is 97.2 Å². The number of amides is 2. The zero-order valence-corrected chi connectivity index (χ0v) is 26.6. The molecule has 6 rings (SSSR count). The Morgan fingerprint density at radius 1 is 0.894 bits per heavy atom. The number of aromatic nitrogens is 3. The Kier molecular flexibility index (Phi) is 9.81. The van der Waals surface area contributed by atoms with Crippen LogP contribution in [-0.4, -0.2) is 40.6 Å². The van der Waals surface area contributed by atoms with E-state index in [-0.39, 0.29) is 25.0 Å². The van der Waals surface area contributed by atoms with Crippen LogP contribution in [0.5, 0.6) is 5.75 Å². The van der Waals surface area contributed by atoms with Crippen molar-refractivity contribution in [3.8, 4) is 17.0 Å². The van der Waals surface area contributed by atoms with Gasteiger partial charge in [0.25, 0.3) is 0 Å². The van der Waals surface area contributed by atoms with Crippen LogP contribution in [0.1, 0.15) is 47.9 Å². The van der Waals surface area contributed by atoms with Crippen molar-refractivity contribution < 1.29 is 19.1 Å². The van der Waals surface area contributed by atoms with Gasteiger partial charge < -0.3 is 30.1 Å². The number of benzene rings is 4. The van der Waals surface area contributed by atoms with Crippen LogP contribution in [0.25, 0.3) is 32.9 Å². The third-order valence-electron chi connectivity index (χ3n) is 8.39. The molecule has 1 atom stereocenters. The first-order chi connectivity index (χ1) is 23.0. The SMILES string of the molecule is COc1ccc2[nH]c(C)c(CC(=O)N[C@@H](CCCCNC(=O)OCc3ccccc3)c3ncc(-c4ccc5ccccc5c4)[nH]3)c2c1. The Morgan fingerprint density at radius 2 is 1.70 bits per heavy atom. The summed E-state index contributed by atoms with van der Waals surface area (Å²) < 4.78 is 10.7. The molecule has 47 heavy (non-hydrogen) atoms. The van der Waals surface area contributed by atoms with E-state index in [1.807, 2.05) is 73.8 Å². The molecule has 6 aromatic rings. The number of nitrogens with zero attached hydrogens (tertiary/aromatic N) is 1. The van der Waals surface area contributed by atoms with E-state index in [4.69, 9.17) is 14.5 Å². The predicted octanol–water partition coefficient (Wildman–Crippen LogP) is 7.52. The number of aromatic amines is 2. The van der Waals surface area contributed by atoms with Gasteiger partial charge in [-0.2, -0.15) is 0 Å². The van der Waals surface area contributed by atoms with E-state index < -0.39 is 6.09 Å². The molecule has 0 radical (unpaired) electrons. The molecule has 2 aromatic heterocycles. The van der Waals surface area contributed by atoms with Crippen molar-refractivity contribution in [2.45, 2.75) is 45.3 Å². The molecule has 2 heterocycles. The fraction of sp³-hybridized carbons (Fsp3) is 0.237. The van der Waals surface area contributed by atoms with E-state index in [0.29, 0.717) is 25.2 Å². The van der Waals surface area contributed by atoms with Gasteiger partial charge in [-0.25, -0.2) is 9.78 Å². The number of carbonyl (C=O) groups excluding carboxylic acids is 2. The number of carbonyl (C=O) groups is 2. The van der Waals surface area contributed by atoms with Crippen molar-refractivity contribution in [1.82, 2.24) is 25.6 Å². The zero-order valence-electron chi connectivity index (χ0n) is 26.6. The Labute approximate surface area is 273 Å². The highest BCUT2D eigenvalue weighted by molar-refractivity contribution is 5.91. The highest BCUT2D eigenvalue weighted by atomic mass is 16.5. The second-order valence-corrected chi connectivity index (χ2v) is 11.7. The number of alkyl carbamates (subject to hydrolysis) is 1. The van der Waals surface area contributed by atoms with Gasteiger partial charge in [0.15, 0.2) is 0 Å². The van der Waals surface area contributed by atoms with Crippen LogP contribution in [0.2, 0.25) is 0 Å². The van der Waals surface area contributed by atoms with Crippen LogP contribution in [-0.2, 0) is 22.6 Å². The van der Waals surface area contributed by atoms with Crippen LogP contribution >= 0.6 is 0 Å². The number of hydrogen-bond acceptors (Lipinski definition) is 5. The quantitative estimate of drug-likeness (QED) is 0.0985. The van der Waals surface area contributed by atoms with Gasteiger partial charge in [0, 0.05) is 28.7 Å². The number of fused-ring (bicyclic) bond motifs is 2. The standard InChI is InChI=1S/C38H39N5O4/c1-25-31(32-21-30(46-2)17-18-33(32)41-25)22-36(44)42-34(14-8-9-19-39-38(45)47-24-26-10-4-3-5-11-26)37-40-23-35(43-37)29-16-15-27-12-6-7-13-28(27)20-29/h3-7,10-13,15-18,20-21,23,34,41H,8-9,14,19,22,24H2,1-2H3,(H,39,45)(H,40,43)(H,42,44)/t34-/m0/s1. The molecular formula is C38H39N5O4. The zero-order chi connectivity index (χ0) is 32.6. The smallest absolute Gasteiger partial charge is 0.407 e.